The summed E-state index contributed by atoms with van der Waals surface area (Å²) in [6, 6.07) is 6.12. The molecule has 1 N–H and O–H groups in total. The third-order valence-corrected chi connectivity index (χ3v) is 3.76. The molecule has 6 heteroatoms. The van der Waals surface area contributed by atoms with Crippen LogP contribution >= 0.6 is 15.9 Å². The predicted molar refractivity (Wildman–Crippen MR) is 88.0 cm³/mol. The standard InChI is InChI=1S/C15H16BrN5/c1-4-17-14-12-8-18-21(15(12)20-10(3)19-14)13-6-5-11(16)7-9(13)2/h5-8H,4H2,1-3H3,(H,17,19,20). The van der Waals surface area contributed by atoms with Crippen LogP contribution in [0.2, 0.25) is 0 Å². The van der Waals surface area contributed by atoms with E-state index in [2.05, 4.69) is 49.3 Å². The van der Waals surface area contributed by atoms with E-state index in [0.29, 0.717) is 0 Å². The second-order valence-corrected chi connectivity index (χ2v) is 5.79. The van der Waals surface area contributed by atoms with Crippen molar-refractivity contribution >= 4 is 32.8 Å². The average molecular weight is 346 g/mol. The van der Waals surface area contributed by atoms with Gasteiger partial charge in [-0.1, -0.05) is 15.9 Å². The largest absolute Gasteiger partial charge is 0.370 e. The van der Waals surface area contributed by atoms with E-state index < -0.39 is 0 Å². The van der Waals surface area contributed by atoms with E-state index >= 15 is 0 Å². The van der Waals surface area contributed by atoms with Gasteiger partial charge in [0.15, 0.2) is 5.65 Å². The highest BCUT2D eigenvalue weighted by molar-refractivity contribution is 9.10. The number of halogens is 1. The SMILES string of the molecule is CCNc1nc(C)nc2c1cnn2-c1ccc(Br)cc1C. The number of nitrogens with one attached hydrogen (secondary N) is 1. The van der Waals surface area contributed by atoms with Gasteiger partial charge in [-0.15, -0.1) is 0 Å². The lowest BCUT2D eigenvalue weighted by atomic mass is 10.2. The molecule has 2 heterocycles. The Morgan fingerprint density at radius 1 is 1.24 bits per heavy atom. The number of rotatable bonds is 3. The lowest BCUT2D eigenvalue weighted by Gasteiger charge is -2.09. The van der Waals surface area contributed by atoms with E-state index in [1.54, 1.807) is 0 Å². The Balaban J connectivity index is 2.24. The molecule has 0 bridgehead atoms. The van der Waals surface area contributed by atoms with Crippen LogP contribution in [0, 0.1) is 13.8 Å². The molecule has 108 valence electrons. The number of aryl methyl sites for hydroxylation is 2. The van der Waals surface area contributed by atoms with Gasteiger partial charge < -0.3 is 5.32 Å². The normalized spacial score (nSPS) is 11.0. The summed E-state index contributed by atoms with van der Waals surface area (Å²) < 4.78 is 2.92. The molecule has 0 fully saturated rings. The zero-order chi connectivity index (χ0) is 15.0. The molecule has 1 aromatic carbocycles. The predicted octanol–water partition coefficient (Wildman–Crippen LogP) is 3.63. The Kier molecular flexibility index (Phi) is 3.63. The molecule has 0 aliphatic rings. The van der Waals surface area contributed by atoms with Crippen LogP contribution in [0.4, 0.5) is 5.82 Å². The summed E-state index contributed by atoms with van der Waals surface area (Å²) >= 11 is 3.49. The third-order valence-electron chi connectivity index (χ3n) is 3.27. The minimum absolute atomic E-state index is 0.731. The van der Waals surface area contributed by atoms with Crippen LogP contribution in [-0.4, -0.2) is 26.3 Å². The summed E-state index contributed by atoms with van der Waals surface area (Å²) in [5.41, 5.74) is 2.98. The van der Waals surface area contributed by atoms with Crippen molar-refractivity contribution in [2.24, 2.45) is 0 Å². The Morgan fingerprint density at radius 2 is 2.05 bits per heavy atom. The molecule has 0 aliphatic heterocycles. The minimum atomic E-state index is 0.731. The molecule has 0 aliphatic carbocycles. The highest BCUT2D eigenvalue weighted by Crippen LogP contribution is 2.25. The van der Waals surface area contributed by atoms with Crippen LogP contribution in [0.25, 0.3) is 16.7 Å². The first kappa shape index (κ1) is 14.0. The quantitative estimate of drug-likeness (QED) is 0.787. The smallest absolute Gasteiger partial charge is 0.168 e. The first-order chi connectivity index (χ1) is 10.1. The summed E-state index contributed by atoms with van der Waals surface area (Å²) in [5.74, 6) is 1.57. The van der Waals surface area contributed by atoms with Crippen molar-refractivity contribution in [3.8, 4) is 5.69 Å². The third kappa shape index (κ3) is 2.51. The van der Waals surface area contributed by atoms with Crippen molar-refractivity contribution in [3.05, 3.63) is 40.3 Å². The summed E-state index contributed by atoms with van der Waals surface area (Å²) in [6.45, 7) is 6.82. The van der Waals surface area contributed by atoms with Crippen molar-refractivity contribution in [2.75, 3.05) is 11.9 Å². The number of hydrogen-bond donors (Lipinski definition) is 1. The minimum Gasteiger partial charge on any atom is -0.370 e. The average Bonchev–Trinajstić information content (AvgIpc) is 2.83. The summed E-state index contributed by atoms with van der Waals surface area (Å²) in [4.78, 5) is 9.01. The molecule has 0 unspecified atom stereocenters. The van der Waals surface area contributed by atoms with E-state index in [-0.39, 0.29) is 0 Å². The Labute approximate surface area is 131 Å². The van der Waals surface area contributed by atoms with Gasteiger partial charge in [-0.2, -0.15) is 5.10 Å². The fraction of sp³-hybridized carbons (Fsp3) is 0.267. The monoisotopic (exact) mass is 345 g/mol. The molecule has 0 saturated heterocycles. The Hall–Kier alpha value is -1.95. The highest BCUT2D eigenvalue weighted by Gasteiger charge is 2.13. The fourth-order valence-corrected chi connectivity index (χ4v) is 2.83. The van der Waals surface area contributed by atoms with Gasteiger partial charge in [-0.05, 0) is 44.5 Å². The van der Waals surface area contributed by atoms with Crippen molar-refractivity contribution in [2.45, 2.75) is 20.8 Å². The summed E-state index contributed by atoms with van der Waals surface area (Å²) in [5, 5.41) is 8.70. The number of fused-ring (bicyclic) bond motifs is 1. The van der Waals surface area contributed by atoms with Crippen molar-refractivity contribution in [1.29, 1.82) is 0 Å². The van der Waals surface area contributed by atoms with Gasteiger partial charge in [0.05, 0.1) is 17.3 Å². The lowest BCUT2D eigenvalue weighted by molar-refractivity contribution is 0.881. The molecule has 21 heavy (non-hydrogen) atoms. The molecule has 0 atom stereocenters. The summed E-state index contributed by atoms with van der Waals surface area (Å²) in [6.07, 6.45) is 1.81. The molecule has 0 saturated carbocycles. The topological polar surface area (TPSA) is 55.6 Å². The Bertz CT molecular complexity index is 809. The van der Waals surface area contributed by atoms with Crippen LogP contribution in [-0.2, 0) is 0 Å². The van der Waals surface area contributed by atoms with Crippen LogP contribution in [0.1, 0.15) is 18.3 Å². The van der Waals surface area contributed by atoms with Gasteiger partial charge in [0.1, 0.15) is 11.6 Å². The van der Waals surface area contributed by atoms with Gasteiger partial charge in [-0.3, -0.25) is 0 Å². The maximum absolute atomic E-state index is 4.56. The zero-order valence-corrected chi connectivity index (χ0v) is 13.8. The summed E-state index contributed by atoms with van der Waals surface area (Å²) in [7, 11) is 0. The van der Waals surface area contributed by atoms with Gasteiger partial charge in [0.2, 0.25) is 0 Å². The van der Waals surface area contributed by atoms with Crippen LogP contribution in [0.15, 0.2) is 28.9 Å². The molecule has 0 radical (unpaired) electrons. The van der Waals surface area contributed by atoms with Crippen molar-refractivity contribution in [1.82, 2.24) is 19.7 Å². The second kappa shape index (κ2) is 5.44. The molecule has 3 rings (SSSR count). The molecular weight excluding hydrogens is 330 g/mol. The van der Waals surface area contributed by atoms with Crippen LogP contribution in [0.5, 0.6) is 0 Å². The van der Waals surface area contributed by atoms with E-state index in [1.165, 1.54) is 0 Å². The Morgan fingerprint density at radius 3 is 2.76 bits per heavy atom. The fourth-order valence-electron chi connectivity index (χ4n) is 2.35. The number of hydrogen-bond acceptors (Lipinski definition) is 4. The molecular formula is C15H16BrN5. The molecule has 3 aromatic rings. The van der Waals surface area contributed by atoms with Gasteiger partial charge in [0, 0.05) is 11.0 Å². The number of aromatic nitrogens is 4. The number of benzene rings is 1. The van der Waals surface area contributed by atoms with Crippen molar-refractivity contribution in [3.63, 3.8) is 0 Å². The molecule has 0 amide bonds. The number of nitrogens with zero attached hydrogens (tertiary/aromatic N) is 4. The van der Waals surface area contributed by atoms with E-state index in [9.17, 15) is 0 Å². The first-order valence-electron chi connectivity index (χ1n) is 6.83. The second-order valence-electron chi connectivity index (χ2n) is 4.87. The van der Waals surface area contributed by atoms with Gasteiger partial charge in [0.25, 0.3) is 0 Å². The van der Waals surface area contributed by atoms with Gasteiger partial charge >= 0.3 is 0 Å². The zero-order valence-electron chi connectivity index (χ0n) is 12.2. The maximum Gasteiger partial charge on any atom is 0.168 e. The van der Waals surface area contributed by atoms with Crippen molar-refractivity contribution < 1.29 is 0 Å². The van der Waals surface area contributed by atoms with E-state index in [4.69, 9.17) is 0 Å². The van der Waals surface area contributed by atoms with Crippen LogP contribution < -0.4 is 5.32 Å². The van der Waals surface area contributed by atoms with E-state index in [0.717, 1.165) is 44.9 Å². The molecule has 2 aromatic heterocycles. The van der Waals surface area contributed by atoms with Crippen LogP contribution in [0.3, 0.4) is 0 Å². The molecule has 0 spiro atoms. The van der Waals surface area contributed by atoms with Gasteiger partial charge in [-0.25, -0.2) is 14.6 Å². The number of anilines is 1. The first-order valence-corrected chi connectivity index (χ1v) is 7.62. The highest BCUT2D eigenvalue weighted by atomic mass is 79.9. The van der Waals surface area contributed by atoms with E-state index in [1.807, 2.05) is 36.9 Å². The maximum atomic E-state index is 4.56. The lowest BCUT2D eigenvalue weighted by Crippen LogP contribution is -2.05. The molecule has 5 nitrogen and oxygen atoms in total.